The molecule has 2 aliphatic rings. The summed E-state index contributed by atoms with van der Waals surface area (Å²) in [7, 11) is 0. The Balaban J connectivity index is 1.42. The standard InChI is InChI=1S/C19H16FNO4S/c20-13-5-1-3-7-15(13)24-11-12-25-18(23)19-10-9-17(22)21(19)14-6-2-4-8-16(14)26-19/h1-8H,9-12H2/t19-/m1/s1. The zero-order valence-electron chi connectivity index (χ0n) is 13.8. The molecule has 4 rings (SSSR count). The van der Waals surface area contributed by atoms with Gasteiger partial charge in [-0.1, -0.05) is 36.0 Å². The zero-order valence-corrected chi connectivity index (χ0v) is 14.6. The number of benzene rings is 2. The first kappa shape index (κ1) is 16.9. The molecule has 0 N–H and O–H groups in total. The molecule has 134 valence electrons. The van der Waals surface area contributed by atoms with Crippen LogP contribution in [0.5, 0.6) is 5.75 Å². The predicted octanol–water partition coefficient (Wildman–Crippen LogP) is 3.38. The van der Waals surface area contributed by atoms with Crippen molar-refractivity contribution in [1.82, 2.24) is 0 Å². The van der Waals surface area contributed by atoms with Gasteiger partial charge in [-0.05, 0) is 24.3 Å². The molecule has 1 saturated heterocycles. The predicted molar refractivity (Wildman–Crippen MR) is 94.6 cm³/mol. The summed E-state index contributed by atoms with van der Waals surface area (Å²) in [5.74, 6) is -0.905. The zero-order chi connectivity index (χ0) is 18.1. The molecule has 0 aliphatic carbocycles. The molecule has 0 unspecified atom stereocenters. The van der Waals surface area contributed by atoms with Crippen LogP contribution in [0.15, 0.2) is 53.4 Å². The molecule has 2 aliphatic heterocycles. The van der Waals surface area contributed by atoms with Crippen molar-refractivity contribution in [2.75, 3.05) is 18.1 Å². The maximum absolute atomic E-state index is 13.5. The lowest BCUT2D eigenvalue weighted by Crippen LogP contribution is -2.48. The molecular formula is C19H16FNO4S. The lowest BCUT2D eigenvalue weighted by molar-refractivity contribution is -0.147. The van der Waals surface area contributed by atoms with Gasteiger partial charge in [-0.15, -0.1) is 0 Å². The van der Waals surface area contributed by atoms with Gasteiger partial charge in [0.05, 0.1) is 5.69 Å². The number of nitrogens with zero attached hydrogens (tertiary/aromatic N) is 1. The molecule has 26 heavy (non-hydrogen) atoms. The topological polar surface area (TPSA) is 55.8 Å². The second-order valence-corrected chi connectivity index (χ2v) is 7.32. The normalized spacial score (nSPS) is 20.7. The molecule has 0 saturated carbocycles. The quantitative estimate of drug-likeness (QED) is 0.594. The molecule has 7 heteroatoms. The number of halogens is 1. The Bertz CT molecular complexity index is 874. The maximum atomic E-state index is 13.5. The van der Waals surface area contributed by atoms with Crippen molar-refractivity contribution in [3.8, 4) is 5.75 Å². The van der Waals surface area contributed by atoms with E-state index < -0.39 is 16.7 Å². The summed E-state index contributed by atoms with van der Waals surface area (Å²) in [5, 5.41) is 0. The van der Waals surface area contributed by atoms with Gasteiger partial charge in [0.15, 0.2) is 16.4 Å². The maximum Gasteiger partial charge on any atom is 0.343 e. The van der Waals surface area contributed by atoms with E-state index in [0.717, 1.165) is 10.6 Å². The van der Waals surface area contributed by atoms with E-state index in [2.05, 4.69) is 0 Å². The molecule has 1 amide bonds. The van der Waals surface area contributed by atoms with Crippen molar-refractivity contribution in [3.63, 3.8) is 0 Å². The Morgan fingerprint density at radius 1 is 1.15 bits per heavy atom. The third-order valence-electron chi connectivity index (χ3n) is 4.40. The van der Waals surface area contributed by atoms with Crippen LogP contribution in [0.1, 0.15) is 12.8 Å². The number of carbonyl (C=O) groups is 2. The number of thioether (sulfide) groups is 1. The number of para-hydroxylation sites is 2. The second-order valence-electron chi connectivity index (χ2n) is 6.00. The number of amides is 1. The van der Waals surface area contributed by atoms with Crippen LogP contribution in [-0.2, 0) is 14.3 Å². The number of ether oxygens (including phenoxy) is 2. The van der Waals surface area contributed by atoms with E-state index in [1.807, 2.05) is 24.3 Å². The number of fused-ring (bicyclic) bond motifs is 3. The van der Waals surface area contributed by atoms with Crippen LogP contribution in [0.3, 0.4) is 0 Å². The van der Waals surface area contributed by atoms with Gasteiger partial charge in [0.25, 0.3) is 0 Å². The molecule has 2 aromatic rings. The van der Waals surface area contributed by atoms with Gasteiger partial charge >= 0.3 is 5.97 Å². The SMILES string of the molecule is O=C1CC[C@]2(C(=O)OCCOc3ccccc3F)Sc3ccccc3N12. The molecule has 0 radical (unpaired) electrons. The van der Waals surface area contributed by atoms with E-state index in [9.17, 15) is 14.0 Å². The minimum Gasteiger partial charge on any atom is -0.487 e. The Morgan fingerprint density at radius 2 is 1.92 bits per heavy atom. The van der Waals surface area contributed by atoms with Crippen molar-refractivity contribution in [3.05, 3.63) is 54.3 Å². The van der Waals surface area contributed by atoms with Gasteiger partial charge in [-0.2, -0.15) is 0 Å². The first-order valence-electron chi connectivity index (χ1n) is 8.27. The van der Waals surface area contributed by atoms with Gasteiger partial charge in [0.1, 0.15) is 13.2 Å². The number of carbonyl (C=O) groups excluding carboxylic acids is 2. The van der Waals surface area contributed by atoms with Crippen LogP contribution in [0, 0.1) is 5.82 Å². The van der Waals surface area contributed by atoms with Crippen molar-refractivity contribution in [2.24, 2.45) is 0 Å². The average Bonchev–Trinajstić information content (AvgIpc) is 3.16. The minimum atomic E-state index is -1.04. The highest BCUT2D eigenvalue weighted by Gasteiger charge is 2.58. The summed E-state index contributed by atoms with van der Waals surface area (Å²) >= 11 is 1.35. The van der Waals surface area contributed by atoms with Crippen LogP contribution >= 0.6 is 11.8 Å². The highest BCUT2D eigenvalue weighted by molar-refractivity contribution is 8.02. The van der Waals surface area contributed by atoms with E-state index in [-0.39, 0.29) is 24.9 Å². The van der Waals surface area contributed by atoms with Crippen molar-refractivity contribution < 1.29 is 23.5 Å². The molecular weight excluding hydrogens is 357 g/mol. The smallest absolute Gasteiger partial charge is 0.343 e. The summed E-state index contributed by atoms with van der Waals surface area (Å²) in [5.41, 5.74) is 0.750. The van der Waals surface area contributed by atoms with Crippen molar-refractivity contribution in [1.29, 1.82) is 0 Å². The van der Waals surface area contributed by atoms with E-state index in [1.54, 1.807) is 17.0 Å². The molecule has 5 nitrogen and oxygen atoms in total. The van der Waals surface area contributed by atoms with Gasteiger partial charge in [-0.3, -0.25) is 9.69 Å². The summed E-state index contributed by atoms with van der Waals surface area (Å²) in [6, 6.07) is 13.5. The Hall–Kier alpha value is -2.54. The Morgan fingerprint density at radius 3 is 2.77 bits per heavy atom. The molecule has 0 aromatic heterocycles. The van der Waals surface area contributed by atoms with Crippen molar-refractivity contribution >= 4 is 29.3 Å². The molecule has 2 heterocycles. The van der Waals surface area contributed by atoms with E-state index in [4.69, 9.17) is 9.47 Å². The van der Waals surface area contributed by atoms with Gasteiger partial charge in [-0.25, -0.2) is 9.18 Å². The Labute approximate surface area is 154 Å². The number of hydrogen-bond acceptors (Lipinski definition) is 5. The van der Waals surface area contributed by atoms with Gasteiger partial charge in [0.2, 0.25) is 5.91 Å². The highest BCUT2D eigenvalue weighted by atomic mass is 32.2. The first-order chi connectivity index (χ1) is 12.6. The van der Waals surface area contributed by atoms with Crippen LogP contribution in [0.4, 0.5) is 10.1 Å². The number of esters is 1. The van der Waals surface area contributed by atoms with E-state index in [1.165, 1.54) is 23.9 Å². The third-order valence-corrected chi connectivity index (χ3v) is 5.86. The van der Waals surface area contributed by atoms with Crippen LogP contribution in [0.25, 0.3) is 0 Å². The number of anilines is 1. The number of hydrogen-bond donors (Lipinski definition) is 0. The summed E-state index contributed by atoms with van der Waals surface area (Å²) in [6.45, 7) is 0.0160. The van der Waals surface area contributed by atoms with Crippen molar-refractivity contribution in [2.45, 2.75) is 22.6 Å². The molecule has 1 atom stereocenters. The van der Waals surface area contributed by atoms with Crippen LogP contribution in [-0.4, -0.2) is 30.0 Å². The summed E-state index contributed by atoms with van der Waals surface area (Å²) in [4.78, 5) is 26.5. The number of rotatable bonds is 5. The summed E-state index contributed by atoms with van der Waals surface area (Å²) < 4.78 is 24.2. The molecule has 0 spiro atoms. The molecule has 0 bridgehead atoms. The largest absolute Gasteiger partial charge is 0.487 e. The monoisotopic (exact) mass is 373 g/mol. The molecule has 1 fully saturated rings. The minimum absolute atomic E-state index is 0.0200. The van der Waals surface area contributed by atoms with E-state index in [0.29, 0.717) is 12.8 Å². The van der Waals surface area contributed by atoms with Crippen LogP contribution < -0.4 is 9.64 Å². The fourth-order valence-electron chi connectivity index (χ4n) is 3.23. The summed E-state index contributed by atoms with van der Waals surface area (Å²) in [6.07, 6.45) is 0.709. The first-order valence-corrected chi connectivity index (χ1v) is 9.09. The molecule has 2 aromatic carbocycles. The average molecular weight is 373 g/mol. The lowest BCUT2D eigenvalue weighted by atomic mass is 10.2. The second kappa shape index (κ2) is 6.64. The van der Waals surface area contributed by atoms with Crippen LogP contribution in [0.2, 0.25) is 0 Å². The van der Waals surface area contributed by atoms with Gasteiger partial charge in [0, 0.05) is 17.7 Å². The third kappa shape index (κ3) is 2.72. The Kier molecular flexibility index (Phi) is 4.32. The fraction of sp³-hybridized carbons (Fsp3) is 0.263. The van der Waals surface area contributed by atoms with Gasteiger partial charge < -0.3 is 9.47 Å². The fourth-order valence-corrected chi connectivity index (χ4v) is 4.64. The van der Waals surface area contributed by atoms with E-state index >= 15 is 0 Å². The highest BCUT2D eigenvalue weighted by Crippen LogP contribution is 2.56. The lowest BCUT2D eigenvalue weighted by Gasteiger charge is -2.28.